The fraction of sp³-hybridized carbons (Fsp3) is 0.167. The van der Waals surface area contributed by atoms with Gasteiger partial charge in [0, 0.05) is 17.1 Å². The maximum absolute atomic E-state index is 4.61. The number of benzene rings is 2. The van der Waals surface area contributed by atoms with Crippen LogP contribution in [0.3, 0.4) is 0 Å². The van der Waals surface area contributed by atoms with Crippen molar-refractivity contribution in [2.24, 2.45) is 0 Å². The molecule has 0 saturated carbocycles. The van der Waals surface area contributed by atoms with Crippen molar-refractivity contribution in [1.82, 2.24) is 4.98 Å². The molecule has 0 saturated heterocycles. The SMILES string of the molecule is CCc1c(-c2ccccc2)cnc2ccc(C)cc12. The van der Waals surface area contributed by atoms with Crippen LogP contribution in [0.25, 0.3) is 22.0 Å². The third-order valence-electron chi connectivity index (χ3n) is 3.57. The molecule has 1 heterocycles. The highest BCUT2D eigenvalue weighted by atomic mass is 14.7. The van der Waals surface area contributed by atoms with Crippen molar-refractivity contribution in [1.29, 1.82) is 0 Å². The minimum atomic E-state index is 1.02. The van der Waals surface area contributed by atoms with Crippen molar-refractivity contribution < 1.29 is 0 Å². The highest BCUT2D eigenvalue weighted by Crippen LogP contribution is 2.29. The van der Waals surface area contributed by atoms with Crippen molar-refractivity contribution in [2.45, 2.75) is 20.3 Å². The third kappa shape index (κ3) is 2.12. The molecule has 0 aliphatic carbocycles. The van der Waals surface area contributed by atoms with Gasteiger partial charge in [-0.1, -0.05) is 48.9 Å². The van der Waals surface area contributed by atoms with E-state index in [0.29, 0.717) is 0 Å². The first-order valence-corrected chi connectivity index (χ1v) is 6.73. The summed E-state index contributed by atoms with van der Waals surface area (Å²) in [5.41, 5.74) is 6.26. The lowest BCUT2D eigenvalue weighted by atomic mass is 9.95. The first kappa shape index (κ1) is 11.9. The van der Waals surface area contributed by atoms with Crippen LogP contribution in [0.15, 0.2) is 54.7 Å². The molecule has 0 aliphatic rings. The lowest BCUT2D eigenvalue weighted by Crippen LogP contribution is -1.93. The normalized spacial score (nSPS) is 10.8. The lowest BCUT2D eigenvalue weighted by molar-refractivity contribution is 1.15. The van der Waals surface area contributed by atoms with E-state index < -0.39 is 0 Å². The van der Waals surface area contributed by atoms with Crippen LogP contribution in [-0.2, 0) is 6.42 Å². The number of hydrogen-bond donors (Lipinski definition) is 0. The Labute approximate surface area is 113 Å². The van der Waals surface area contributed by atoms with Crippen LogP contribution in [-0.4, -0.2) is 4.98 Å². The maximum Gasteiger partial charge on any atom is 0.0705 e. The molecule has 3 rings (SSSR count). The molecule has 0 bridgehead atoms. The molecule has 2 aromatic carbocycles. The number of pyridine rings is 1. The average Bonchev–Trinajstić information content (AvgIpc) is 2.46. The predicted octanol–water partition coefficient (Wildman–Crippen LogP) is 4.77. The summed E-state index contributed by atoms with van der Waals surface area (Å²) in [6.45, 7) is 4.34. The number of aryl methyl sites for hydroxylation is 2. The van der Waals surface area contributed by atoms with Crippen molar-refractivity contribution in [2.75, 3.05) is 0 Å². The highest BCUT2D eigenvalue weighted by molar-refractivity contribution is 5.89. The first-order valence-electron chi connectivity index (χ1n) is 6.73. The van der Waals surface area contributed by atoms with E-state index in [-0.39, 0.29) is 0 Å². The summed E-state index contributed by atoms with van der Waals surface area (Å²) in [5.74, 6) is 0. The Bertz CT molecular complexity index is 714. The summed E-state index contributed by atoms with van der Waals surface area (Å²) in [4.78, 5) is 4.61. The molecule has 1 heteroatoms. The van der Waals surface area contributed by atoms with Crippen LogP contribution in [0.5, 0.6) is 0 Å². The van der Waals surface area contributed by atoms with Crippen molar-refractivity contribution in [3.8, 4) is 11.1 Å². The summed E-state index contributed by atoms with van der Waals surface area (Å²) < 4.78 is 0. The second-order valence-corrected chi connectivity index (χ2v) is 4.89. The zero-order chi connectivity index (χ0) is 13.2. The minimum absolute atomic E-state index is 1.02. The molecular formula is C18H17N. The van der Waals surface area contributed by atoms with Crippen LogP contribution < -0.4 is 0 Å². The van der Waals surface area contributed by atoms with E-state index >= 15 is 0 Å². The van der Waals surface area contributed by atoms with E-state index in [1.165, 1.54) is 27.6 Å². The number of aromatic nitrogens is 1. The van der Waals surface area contributed by atoms with Crippen LogP contribution in [0.2, 0.25) is 0 Å². The van der Waals surface area contributed by atoms with Crippen LogP contribution >= 0.6 is 0 Å². The Morgan fingerprint density at radius 1 is 1.00 bits per heavy atom. The van der Waals surface area contributed by atoms with Gasteiger partial charge in [0.05, 0.1) is 5.52 Å². The summed E-state index contributed by atoms with van der Waals surface area (Å²) in [6.07, 6.45) is 3.03. The Hall–Kier alpha value is -2.15. The van der Waals surface area contributed by atoms with Crippen molar-refractivity contribution in [3.63, 3.8) is 0 Å². The van der Waals surface area contributed by atoms with Gasteiger partial charge in [-0.3, -0.25) is 4.98 Å². The van der Waals surface area contributed by atoms with Gasteiger partial charge in [0.25, 0.3) is 0 Å². The van der Waals surface area contributed by atoms with Gasteiger partial charge >= 0.3 is 0 Å². The number of hydrogen-bond acceptors (Lipinski definition) is 1. The topological polar surface area (TPSA) is 12.9 Å². The molecular weight excluding hydrogens is 230 g/mol. The first-order chi connectivity index (χ1) is 9.29. The third-order valence-corrected chi connectivity index (χ3v) is 3.57. The van der Waals surface area contributed by atoms with E-state index in [0.717, 1.165) is 11.9 Å². The van der Waals surface area contributed by atoms with E-state index in [1.54, 1.807) is 0 Å². The Kier molecular flexibility index (Phi) is 3.04. The Morgan fingerprint density at radius 2 is 1.79 bits per heavy atom. The second-order valence-electron chi connectivity index (χ2n) is 4.89. The Morgan fingerprint density at radius 3 is 2.53 bits per heavy atom. The zero-order valence-electron chi connectivity index (χ0n) is 11.4. The largest absolute Gasteiger partial charge is 0.256 e. The van der Waals surface area contributed by atoms with E-state index in [2.05, 4.69) is 61.3 Å². The van der Waals surface area contributed by atoms with Crippen molar-refractivity contribution >= 4 is 10.9 Å². The summed E-state index contributed by atoms with van der Waals surface area (Å²) in [5, 5.41) is 1.28. The number of nitrogens with zero attached hydrogens (tertiary/aromatic N) is 1. The molecule has 0 spiro atoms. The van der Waals surface area contributed by atoms with Gasteiger partial charge in [-0.15, -0.1) is 0 Å². The number of fused-ring (bicyclic) bond motifs is 1. The van der Waals surface area contributed by atoms with Gasteiger partial charge in [-0.05, 0) is 36.6 Å². The standard InChI is InChI=1S/C18H17N/c1-3-15-16-11-13(2)9-10-18(16)19-12-17(15)14-7-5-4-6-8-14/h4-12H,3H2,1-2H3. The molecule has 0 aliphatic heterocycles. The molecule has 0 atom stereocenters. The van der Waals surface area contributed by atoms with Gasteiger partial charge in [-0.2, -0.15) is 0 Å². The predicted molar refractivity (Wildman–Crippen MR) is 81.3 cm³/mol. The summed E-state index contributed by atoms with van der Waals surface area (Å²) >= 11 is 0. The number of rotatable bonds is 2. The second kappa shape index (κ2) is 4.85. The van der Waals surface area contributed by atoms with E-state index in [9.17, 15) is 0 Å². The fourth-order valence-corrected chi connectivity index (χ4v) is 2.61. The van der Waals surface area contributed by atoms with Gasteiger partial charge in [0.15, 0.2) is 0 Å². The van der Waals surface area contributed by atoms with Crippen LogP contribution in [0.1, 0.15) is 18.1 Å². The molecule has 1 nitrogen and oxygen atoms in total. The Balaban J connectivity index is 2.32. The van der Waals surface area contributed by atoms with Gasteiger partial charge in [0.2, 0.25) is 0 Å². The van der Waals surface area contributed by atoms with Crippen LogP contribution in [0, 0.1) is 6.92 Å². The quantitative estimate of drug-likeness (QED) is 0.635. The molecule has 0 unspecified atom stereocenters. The highest BCUT2D eigenvalue weighted by Gasteiger charge is 2.09. The van der Waals surface area contributed by atoms with Gasteiger partial charge < -0.3 is 0 Å². The van der Waals surface area contributed by atoms with E-state index in [4.69, 9.17) is 0 Å². The van der Waals surface area contributed by atoms with Gasteiger partial charge in [0.1, 0.15) is 0 Å². The summed E-state index contributed by atoms with van der Waals surface area (Å²) in [6, 6.07) is 17.0. The van der Waals surface area contributed by atoms with Crippen LogP contribution in [0.4, 0.5) is 0 Å². The maximum atomic E-state index is 4.61. The van der Waals surface area contributed by atoms with Crippen molar-refractivity contribution in [3.05, 3.63) is 65.9 Å². The minimum Gasteiger partial charge on any atom is -0.256 e. The molecule has 1 aromatic heterocycles. The lowest BCUT2D eigenvalue weighted by Gasteiger charge is -2.11. The molecule has 94 valence electrons. The monoisotopic (exact) mass is 247 g/mol. The fourth-order valence-electron chi connectivity index (χ4n) is 2.61. The average molecular weight is 247 g/mol. The molecule has 0 amide bonds. The molecule has 3 aromatic rings. The van der Waals surface area contributed by atoms with E-state index in [1.807, 2.05) is 12.3 Å². The summed E-state index contributed by atoms with van der Waals surface area (Å²) in [7, 11) is 0. The zero-order valence-corrected chi connectivity index (χ0v) is 11.4. The molecule has 0 radical (unpaired) electrons. The molecule has 0 N–H and O–H groups in total. The molecule has 19 heavy (non-hydrogen) atoms. The molecule has 0 fully saturated rings. The van der Waals surface area contributed by atoms with Gasteiger partial charge in [-0.25, -0.2) is 0 Å². The smallest absolute Gasteiger partial charge is 0.0705 e.